The molecule has 6 nitrogen and oxygen atoms in total. The predicted octanol–water partition coefficient (Wildman–Crippen LogP) is 3.41. The van der Waals surface area contributed by atoms with Crippen molar-refractivity contribution in [2.75, 3.05) is 7.05 Å². The molecule has 0 aliphatic heterocycles. The SMILES string of the molecule is Cc1nnc(CN=C(NC2CCCC2)N(C)Cc2ccc(Br)cc2)n1C. The maximum Gasteiger partial charge on any atom is 0.194 e. The van der Waals surface area contributed by atoms with E-state index in [-0.39, 0.29) is 0 Å². The Kier molecular flexibility index (Phi) is 6.29. The summed E-state index contributed by atoms with van der Waals surface area (Å²) < 4.78 is 3.09. The summed E-state index contributed by atoms with van der Waals surface area (Å²) in [6, 6.07) is 8.95. The van der Waals surface area contributed by atoms with Crippen LogP contribution in [0, 0.1) is 6.92 Å². The zero-order chi connectivity index (χ0) is 18.5. The van der Waals surface area contributed by atoms with Crippen molar-refractivity contribution in [2.24, 2.45) is 12.0 Å². The second-order valence-electron chi connectivity index (χ2n) is 6.97. The molecule has 0 atom stereocenters. The van der Waals surface area contributed by atoms with Crippen LogP contribution in [-0.2, 0) is 20.1 Å². The first-order chi connectivity index (χ1) is 12.5. The average Bonchev–Trinajstić information content (AvgIpc) is 3.25. The molecule has 0 unspecified atom stereocenters. The van der Waals surface area contributed by atoms with Crippen LogP contribution in [0.5, 0.6) is 0 Å². The highest BCUT2D eigenvalue weighted by Gasteiger charge is 2.18. The van der Waals surface area contributed by atoms with Gasteiger partial charge >= 0.3 is 0 Å². The highest BCUT2D eigenvalue weighted by molar-refractivity contribution is 9.10. The topological polar surface area (TPSA) is 58.3 Å². The van der Waals surface area contributed by atoms with Gasteiger partial charge in [-0.1, -0.05) is 40.9 Å². The van der Waals surface area contributed by atoms with E-state index in [0.717, 1.165) is 28.6 Å². The van der Waals surface area contributed by atoms with Gasteiger partial charge in [-0.05, 0) is 37.5 Å². The number of nitrogens with one attached hydrogen (secondary N) is 1. The van der Waals surface area contributed by atoms with Crippen molar-refractivity contribution in [3.05, 3.63) is 46.0 Å². The summed E-state index contributed by atoms with van der Waals surface area (Å²) in [5.74, 6) is 2.72. The number of nitrogens with zero attached hydrogens (tertiary/aromatic N) is 5. The van der Waals surface area contributed by atoms with Gasteiger partial charge in [0.15, 0.2) is 11.8 Å². The number of aromatic nitrogens is 3. The highest BCUT2D eigenvalue weighted by Crippen LogP contribution is 2.18. The smallest absolute Gasteiger partial charge is 0.194 e. The minimum absolute atomic E-state index is 0.516. The minimum atomic E-state index is 0.516. The molecule has 2 aromatic rings. The number of hydrogen-bond acceptors (Lipinski definition) is 3. The molecule has 0 spiro atoms. The van der Waals surface area contributed by atoms with Crippen LogP contribution in [0.15, 0.2) is 33.7 Å². The third-order valence-electron chi connectivity index (χ3n) is 4.94. The van der Waals surface area contributed by atoms with E-state index >= 15 is 0 Å². The summed E-state index contributed by atoms with van der Waals surface area (Å²) in [5, 5.41) is 12.0. The number of hydrogen-bond donors (Lipinski definition) is 1. The molecule has 1 aliphatic carbocycles. The van der Waals surface area contributed by atoms with E-state index in [1.54, 1.807) is 0 Å². The number of halogens is 1. The molecule has 1 aromatic heterocycles. The molecule has 0 bridgehead atoms. The van der Waals surface area contributed by atoms with Crippen molar-refractivity contribution in [1.29, 1.82) is 0 Å². The number of rotatable bonds is 5. The van der Waals surface area contributed by atoms with Crippen LogP contribution in [0.2, 0.25) is 0 Å². The minimum Gasteiger partial charge on any atom is -0.353 e. The van der Waals surface area contributed by atoms with E-state index in [1.165, 1.54) is 31.2 Å². The molecule has 0 saturated heterocycles. The Hall–Kier alpha value is -1.89. The van der Waals surface area contributed by atoms with Crippen LogP contribution in [0.3, 0.4) is 0 Å². The van der Waals surface area contributed by atoms with Crippen molar-refractivity contribution in [3.63, 3.8) is 0 Å². The van der Waals surface area contributed by atoms with Crippen LogP contribution in [0.25, 0.3) is 0 Å². The van der Waals surface area contributed by atoms with E-state index in [1.807, 2.05) is 18.5 Å². The molecule has 7 heteroatoms. The number of guanidine groups is 1. The average molecular weight is 419 g/mol. The summed E-state index contributed by atoms with van der Waals surface area (Å²) in [6.07, 6.45) is 5.02. The largest absolute Gasteiger partial charge is 0.353 e. The Bertz CT molecular complexity index is 746. The van der Waals surface area contributed by atoms with Gasteiger partial charge in [-0.3, -0.25) is 0 Å². The van der Waals surface area contributed by atoms with Crippen molar-refractivity contribution in [3.8, 4) is 0 Å². The van der Waals surface area contributed by atoms with Crippen LogP contribution in [0.4, 0.5) is 0 Å². The molecule has 3 rings (SSSR count). The van der Waals surface area contributed by atoms with Gasteiger partial charge in [0.1, 0.15) is 12.4 Å². The Morgan fingerprint density at radius 1 is 1.27 bits per heavy atom. The van der Waals surface area contributed by atoms with E-state index in [9.17, 15) is 0 Å². The third-order valence-corrected chi connectivity index (χ3v) is 5.46. The van der Waals surface area contributed by atoms with Crippen molar-refractivity contribution < 1.29 is 0 Å². The summed E-state index contributed by atoms with van der Waals surface area (Å²) in [4.78, 5) is 7.03. The zero-order valence-corrected chi connectivity index (χ0v) is 17.3. The maximum absolute atomic E-state index is 4.84. The zero-order valence-electron chi connectivity index (χ0n) is 15.7. The lowest BCUT2D eigenvalue weighted by molar-refractivity contribution is 0.456. The molecule has 1 aliphatic rings. The lowest BCUT2D eigenvalue weighted by Gasteiger charge is -2.25. The molecule has 1 N–H and O–H groups in total. The lowest BCUT2D eigenvalue weighted by atomic mass is 10.2. The standard InChI is InChI=1S/C19H27BrN6/c1-14-23-24-18(26(14)3)12-21-19(22-17-6-4-5-7-17)25(2)13-15-8-10-16(20)11-9-15/h8-11,17H,4-7,12-13H2,1-3H3,(H,21,22). The predicted molar refractivity (Wildman–Crippen MR) is 108 cm³/mol. The van der Waals surface area contributed by atoms with Gasteiger partial charge in [0, 0.05) is 31.2 Å². The quantitative estimate of drug-likeness (QED) is 0.596. The second kappa shape index (κ2) is 8.66. The Morgan fingerprint density at radius 3 is 2.58 bits per heavy atom. The molecule has 0 amide bonds. The number of aliphatic imine (C=N–C) groups is 1. The molecule has 1 heterocycles. The summed E-state index contributed by atoms with van der Waals surface area (Å²) in [5.41, 5.74) is 1.26. The Balaban J connectivity index is 1.73. The first-order valence-corrected chi connectivity index (χ1v) is 9.93. The lowest BCUT2D eigenvalue weighted by Crippen LogP contribution is -2.43. The van der Waals surface area contributed by atoms with Gasteiger partial charge in [-0.2, -0.15) is 0 Å². The van der Waals surface area contributed by atoms with Gasteiger partial charge in [0.2, 0.25) is 0 Å². The van der Waals surface area contributed by atoms with E-state index in [0.29, 0.717) is 12.6 Å². The van der Waals surface area contributed by atoms with Gasteiger partial charge in [0.05, 0.1) is 0 Å². The molecule has 1 aromatic carbocycles. The fourth-order valence-corrected chi connectivity index (χ4v) is 3.47. The Morgan fingerprint density at radius 2 is 1.96 bits per heavy atom. The van der Waals surface area contributed by atoms with Crippen molar-refractivity contribution in [1.82, 2.24) is 25.0 Å². The fourth-order valence-electron chi connectivity index (χ4n) is 3.20. The third kappa shape index (κ3) is 4.84. The van der Waals surface area contributed by atoms with E-state index in [4.69, 9.17) is 4.99 Å². The number of aryl methyl sites for hydroxylation is 1. The van der Waals surface area contributed by atoms with E-state index in [2.05, 4.69) is 67.7 Å². The Labute approximate surface area is 163 Å². The number of benzene rings is 1. The molecule has 1 fully saturated rings. The normalized spacial score (nSPS) is 15.5. The molecule has 1 saturated carbocycles. The molecular formula is C19H27BrN6. The van der Waals surface area contributed by atoms with Crippen LogP contribution in [0.1, 0.15) is 42.9 Å². The maximum atomic E-state index is 4.84. The first-order valence-electron chi connectivity index (χ1n) is 9.14. The fraction of sp³-hybridized carbons (Fsp3) is 0.526. The monoisotopic (exact) mass is 418 g/mol. The first kappa shape index (κ1) is 18.9. The van der Waals surface area contributed by atoms with Crippen LogP contribution < -0.4 is 5.32 Å². The summed E-state index contributed by atoms with van der Waals surface area (Å²) in [6.45, 7) is 3.29. The molecule has 140 valence electrons. The van der Waals surface area contributed by atoms with Crippen molar-refractivity contribution in [2.45, 2.75) is 51.7 Å². The molecule has 26 heavy (non-hydrogen) atoms. The van der Waals surface area contributed by atoms with Crippen LogP contribution in [-0.4, -0.2) is 38.7 Å². The van der Waals surface area contributed by atoms with Gasteiger partial charge in [0.25, 0.3) is 0 Å². The highest BCUT2D eigenvalue weighted by atomic mass is 79.9. The summed E-state index contributed by atoms with van der Waals surface area (Å²) >= 11 is 3.49. The van der Waals surface area contributed by atoms with Gasteiger partial charge < -0.3 is 14.8 Å². The second-order valence-corrected chi connectivity index (χ2v) is 7.89. The van der Waals surface area contributed by atoms with Gasteiger partial charge in [-0.25, -0.2) is 4.99 Å². The van der Waals surface area contributed by atoms with Crippen LogP contribution >= 0.6 is 15.9 Å². The van der Waals surface area contributed by atoms with Gasteiger partial charge in [-0.15, -0.1) is 10.2 Å². The van der Waals surface area contributed by atoms with E-state index < -0.39 is 0 Å². The van der Waals surface area contributed by atoms with Crippen molar-refractivity contribution >= 4 is 21.9 Å². The molecule has 0 radical (unpaired) electrons. The summed E-state index contributed by atoms with van der Waals surface area (Å²) in [7, 11) is 4.07. The molecular weight excluding hydrogens is 392 g/mol.